The zero-order chi connectivity index (χ0) is 21.3. The summed E-state index contributed by atoms with van der Waals surface area (Å²) >= 11 is 0. The van der Waals surface area contributed by atoms with Gasteiger partial charge in [0.25, 0.3) is 0 Å². The van der Waals surface area contributed by atoms with E-state index in [0.717, 1.165) is 10.3 Å². The molecule has 1 fully saturated rings. The molecule has 3 atom stereocenters. The lowest BCUT2D eigenvalue weighted by atomic mass is 9.83. The summed E-state index contributed by atoms with van der Waals surface area (Å²) < 4.78 is 19.8. The van der Waals surface area contributed by atoms with Gasteiger partial charge in [-0.25, -0.2) is 9.18 Å². The molecule has 30 heavy (non-hydrogen) atoms. The number of para-hydroxylation sites is 1. The van der Waals surface area contributed by atoms with Crippen molar-refractivity contribution in [1.29, 1.82) is 0 Å². The molecule has 3 N–H and O–H groups in total. The Kier molecular flexibility index (Phi) is 3.77. The van der Waals surface area contributed by atoms with E-state index in [4.69, 9.17) is 10.2 Å². The van der Waals surface area contributed by atoms with Gasteiger partial charge in [0.05, 0.1) is 17.5 Å². The number of carboxylic acids is 1. The molecule has 0 spiro atoms. The highest BCUT2D eigenvalue weighted by Crippen LogP contribution is 2.48. The van der Waals surface area contributed by atoms with Crippen molar-refractivity contribution in [3.8, 4) is 0 Å². The molecule has 152 valence electrons. The molecule has 2 aliphatic rings. The molecule has 7 nitrogen and oxygen atoms in total. The minimum atomic E-state index is -1.38. The molecule has 1 saturated heterocycles. The van der Waals surface area contributed by atoms with E-state index in [2.05, 4.69) is 0 Å². The molecule has 0 unspecified atom stereocenters. The molecule has 1 aromatic heterocycles. The van der Waals surface area contributed by atoms with E-state index < -0.39 is 35.9 Å². The topological polar surface area (TPSA) is 114 Å². The van der Waals surface area contributed by atoms with Gasteiger partial charge in [0.2, 0.25) is 11.8 Å². The Morgan fingerprint density at radius 1 is 1.27 bits per heavy atom. The van der Waals surface area contributed by atoms with Crippen LogP contribution in [0.15, 0.2) is 46.5 Å². The number of aliphatic carboxylic acids is 1. The highest BCUT2D eigenvalue weighted by Gasteiger charge is 2.57. The molecule has 3 heterocycles. The molecule has 2 aromatic carbocycles. The van der Waals surface area contributed by atoms with Gasteiger partial charge in [-0.2, -0.15) is 0 Å². The van der Waals surface area contributed by atoms with Gasteiger partial charge < -0.3 is 20.2 Å². The summed E-state index contributed by atoms with van der Waals surface area (Å²) in [7, 11) is 0. The number of primary amides is 1. The van der Waals surface area contributed by atoms with Gasteiger partial charge in [0.15, 0.2) is 0 Å². The second-order valence-electron chi connectivity index (χ2n) is 7.67. The lowest BCUT2D eigenvalue weighted by Gasteiger charge is -2.43. The quantitative estimate of drug-likeness (QED) is 0.644. The summed E-state index contributed by atoms with van der Waals surface area (Å²) in [6.07, 6.45) is -1.21. The number of carbonyl (C=O) groups excluding carboxylic acids is 2. The van der Waals surface area contributed by atoms with Crippen LogP contribution in [0, 0.1) is 5.92 Å². The van der Waals surface area contributed by atoms with E-state index in [1.165, 1.54) is 13.0 Å². The van der Waals surface area contributed by atoms with Gasteiger partial charge in [-0.1, -0.05) is 18.2 Å². The molecule has 0 radical (unpaired) electrons. The summed E-state index contributed by atoms with van der Waals surface area (Å²) in [5.74, 6) is -3.38. The number of nitrogens with zero attached hydrogens (tertiary/aromatic N) is 1. The number of carboxylic acid groups (broad SMARTS) is 1. The van der Waals surface area contributed by atoms with Crippen molar-refractivity contribution >= 4 is 45.3 Å². The number of hydrogen-bond acceptors (Lipinski definition) is 4. The van der Waals surface area contributed by atoms with Crippen LogP contribution < -0.4 is 5.73 Å². The summed E-state index contributed by atoms with van der Waals surface area (Å²) in [5, 5.41) is 11.0. The van der Waals surface area contributed by atoms with E-state index in [-0.39, 0.29) is 17.7 Å². The van der Waals surface area contributed by atoms with Crippen LogP contribution in [0.25, 0.3) is 27.5 Å². The third-order valence-electron chi connectivity index (χ3n) is 6.00. The van der Waals surface area contributed by atoms with Gasteiger partial charge in [0.1, 0.15) is 23.0 Å². The first-order valence-corrected chi connectivity index (χ1v) is 9.48. The minimum Gasteiger partial charge on any atom is -0.477 e. The fourth-order valence-corrected chi connectivity index (χ4v) is 4.72. The largest absolute Gasteiger partial charge is 0.477 e. The Hall–Kier alpha value is -3.68. The van der Waals surface area contributed by atoms with Crippen LogP contribution >= 0.6 is 0 Å². The van der Waals surface area contributed by atoms with Gasteiger partial charge in [-0.3, -0.25) is 9.59 Å². The minimum absolute atomic E-state index is 0.177. The van der Waals surface area contributed by atoms with Gasteiger partial charge in [-0.05, 0) is 42.7 Å². The maximum atomic E-state index is 13.9. The van der Waals surface area contributed by atoms with Crippen molar-refractivity contribution in [2.24, 2.45) is 11.7 Å². The Bertz CT molecular complexity index is 1310. The molecule has 2 aliphatic heterocycles. The summed E-state index contributed by atoms with van der Waals surface area (Å²) in [6, 6.07) is 9.79. The van der Waals surface area contributed by atoms with Gasteiger partial charge in [0, 0.05) is 10.8 Å². The zero-order valence-electron chi connectivity index (χ0n) is 15.9. The SMILES string of the molecule is C[C@@H](F)[C@H]1C(=O)N2C(C(=O)O)=C(c3cc(C(N)=O)c4c(c3)oc3ccccc34)C[C@H]12. The van der Waals surface area contributed by atoms with E-state index in [1.54, 1.807) is 18.2 Å². The van der Waals surface area contributed by atoms with E-state index >= 15 is 0 Å². The number of hydrogen-bond donors (Lipinski definition) is 2. The number of nitrogens with two attached hydrogens (primary N) is 1. The van der Waals surface area contributed by atoms with E-state index in [0.29, 0.717) is 27.7 Å². The first-order chi connectivity index (χ1) is 14.3. The van der Waals surface area contributed by atoms with Crippen LogP contribution in [0.3, 0.4) is 0 Å². The van der Waals surface area contributed by atoms with Gasteiger partial charge in [-0.15, -0.1) is 0 Å². The number of halogens is 1. The summed E-state index contributed by atoms with van der Waals surface area (Å²) in [6.45, 7) is 1.30. The number of carbonyl (C=O) groups is 3. The average Bonchev–Trinajstić information content (AvgIpc) is 3.22. The Morgan fingerprint density at radius 2 is 2.00 bits per heavy atom. The molecule has 3 aromatic rings. The van der Waals surface area contributed by atoms with Gasteiger partial charge >= 0.3 is 5.97 Å². The fourth-order valence-electron chi connectivity index (χ4n) is 4.72. The molecular weight excluding hydrogens is 391 g/mol. The Labute approximate surface area is 169 Å². The molecular formula is C22H17FN2O5. The highest BCUT2D eigenvalue weighted by molar-refractivity contribution is 6.17. The van der Waals surface area contributed by atoms with Crippen molar-refractivity contribution in [2.45, 2.75) is 25.6 Å². The molecule has 2 amide bonds. The van der Waals surface area contributed by atoms with Crippen molar-refractivity contribution in [3.63, 3.8) is 0 Å². The number of β-lactam (4-membered cyclic amide) rings is 1. The second kappa shape index (κ2) is 6.16. The monoisotopic (exact) mass is 408 g/mol. The van der Waals surface area contributed by atoms with Crippen LogP contribution in [0.5, 0.6) is 0 Å². The van der Waals surface area contributed by atoms with Crippen LogP contribution in [0.4, 0.5) is 4.39 Å². The normalized spacial score (nSPS) is 21.8. The Morgan fingerprint density at radius 3 is 2.67 bits per heavy atom. The average molecular weight is 408 g/mol. The number of rotatable bonds is 4. The molecule has 0 bridgehead atoms. The van der Waals surface area contributed by atoms with Crippen LogP contribution in [0.2, 0.25) is 0 Å². The first-order valence-electron chi connectivity index (χ1n) is 9.48. The van der Waals surface area contributed by atoms with Crippen molar-refractivity contribution < 1.29 is 28.3 Å². The molecule has 8 heteroatoms. The first kappa shape index (κ1) is 18.4. The lowest BCUT2D eigenvalue weighted by molar-refractivity contribution is -0.158. The van der Waals surface area contributed by atoms with E-state index in [1.807, 2.05) is 12.1 Å². The standard InChI is InChI=1S/C22H17FN2O5/c1-9(23)17-14-8-12(19(22(28)29)25(14)21(17)27)10-6-13(20(24)26)18-11-4-2-3-5-15(11)30-16(18)7-10/h2-7,9,14,17H,8H2,1H3,(H2,24,26)(H,28,29)/t9-,14-,17-/m1/s1. The maximum absolute atomic E-state index is 13.9. The van der Waals surface area contributed by atoms with Crippen LogP contribution in [0.1, 0.15) is 29.3 Å². The predicted molar refractivity (Wildman–Crippen MR) is 106 cm³/mol. The smallest absolute Gasteiger partial charge is 0.352 e. The fraction of sp³-hybridized carbons (Fsp3) is 0.227. The molecule has 0 aliphatic carbocycles. The van der Waals surface area contributed by atoms with Crippen molar-refractivity contribution in [1.82, 2.24) is 4.90 Å². The van der Waals surface area contributed by atoms with Crippen molar-refractivity contribution in [2.75, 3.05) is 0 Å². The van der Waals surface area contributed by atoms with Crippen LogP contribution in [-0.4, -0.2) is 40.0 Å². The van der Waals surface area contributed by atoms with E-state index in [9.17, 15) is 23.9 Å². The predicted octanol–water partition coefficient (Wildman–Crippen LogP) is 3.07. The van der Waals surface area contributed by atoms with Crippen molar-refractivity contribution in [3.05, 3.63) is 53.2 Å². The number of amides is 2. The number of fused-ring (bicyclic) bond motifs is 4. The summed E-state index contributed by atoms with van der Waals surface area (Å²) in [4.78, 5) is 37.7. The second-order valence-corrected chi connectivity index (χ2v) is 7.67. The third kappa shape index (κ3) is 2.33. The lowest BCUT2D eigenvalue weighted by Crippen LogP contribution is -2.61. The summed E-state index contributed by atoms with van der Waals surface area (Å²) in [5.41, 5.74) is 7.35. The Balaban J connectivity index is 1.73. The molecule has 5 rings (SSSR count). The maximum Gasteiger partial charge on any atom is 0.352 e. The zero-order valence-corrected chi connectivity index (χ0v) is 15.9. The number of alkyl halides is 1. The number of furan rings is 1. The third-order valence-corrected chi connectivity index (χ3v) is 6.00. The van der Waals surface area contributed by atoms with Crippen LogP contribution in [-0.2, 0) is 9.59 Å². The molecule has 0 saturated carbocycles. The highest BCUT2D eigenvalue weighted by atomic mass is 19.1. The number of benzene rings is 2.